The molecule has 0 amide bonds. The van der Waals surface area contributed by atoms with E-state index in [1.807, 2.05) is 0 Å². The number of rotatable bonds is 1. The van der Waals surface area contributed by atoms with Gasteiger partial charge in [-0.15, -0.1) is 0 Å². The highest BCUT2D eigenvalue weighted by Crippen LogP contribution is 2.20. The lowest BCUT2D eigenvalue weighted by Crippen LogP contribution is -2.60. The average molecular weight is 181 g/mol. The van der Waals surface area contributed by atoms with Gasteiger partial charge in [0.15, 0.2) is 6.29 Å². The molecule has 5 nitrogen and oxygen atoms in total. The van der Waals surface area contributed by atoms with Gasteiger partial charge in [-0.2, -0.15) is 0 Å². The van der Waals surface area contributed by atoms with Crippen LogP contribution in [-0.2, 0) is 4.74 Å². The zero-order chi connectivity index (χ0) is 9.30. The van der Waals surface area contributed by atoms with Gasteiger partial charge in [0.1, 0.15) is 18.4 Å². The van der Waals surface area contributed by atoms with E-state index in [1.165, 1.54) is 0 Å². The van der Waals surface area contributed by atoms with E-state index >= 15 is 0 Å². The fraction of sp³-hybridized carbons (Fsp3) is 1.00. The summed E-state index contributed by atoms with van der Waals surface area (Å²) < 4.78 is 17.6. The van der Waals surface area contributed by atoms with E-state index in [0.717, 1.165) is 0 Å². The van der Waals surface area contributed by atoms with Gasteiger partial charge < -0.3 is 25.8 Å². The Morgan fingerprint density at radius 3 is 2.50 bits per heavy atom. The maximum absolute atomic E-state index is 12.9. The largest absolute Gasteiger partial charge is 0.394 e. The Morgan fingerprint density at radius 2 is 2.00 bits per heavy atom. The Labute approximate surface area is 68.6 Å². The summed E-state index contributed by atoms with van der Waals surface area (Å²) in [6.45, 7) is -0.550. The number of ether oxygens (including phenoxy) is 1. The van der Waals surface area contributed by atoms with Crippen LogP contribution in [0.25, 0.3) is 0 Å². The molecule has 0 radical (unpaired) electrons. The van der Waals surface area contributed by atoms with Gasteiger partial charge in [-0.1, -0.05) is 0 Å². The van der Waals surface area contributed by atoms with Crippen molar-refractivity contribution in [3.05, 3.63) is 0 Å². The first kappa shape index (κ1) is 9.82. The zero-order valence-electron chi connectivity index (χ0n) is 6.30. The predicted octanol–water partition coefficient (Wildman–Crippen LogP) is -2.28. The van der Waals surface area contributed by atoms with E-state index in [0.29, 0.717) is 0 Å². The highest BCUT2D eigenvalue weighted by Gasteiger charge is 2.42. The molecule has 72 valence electrons. The number of hydrogen-bond acceptors (Lipinski definition) is 5. The van der Waals surface area contributed by atoms with Crippen molar-refractivity contribution < 1.29 is 24.4 Å². The first-order chi connectivity index (χ1) is 5.57. The van der Waals surface area contributed by atoms with Crippen molar-refractivity contribution in [3.63, 3.8) is 0 Å². The summed E-state index contributed by atoms with van der Waals surface area (Å²) in [4.78, 5) is 0. The van der Waals surface area contributed by atoms with Gasteiger partial charge in [0.2, 0.25) is 0 Å². The minimum absolute atomic E-state index is 0.550. The van der Waals surface area contributed by atoms with Crippen molar-refractivity contribution in [2.45, 2.75) is 30.7 Å². The number of aliphatic hydroxyl groups excluding tert-OH is 3. The van der Waals surface area contributed by atoms with Gasteiger partial charge in [0.05, 0.1) is 12.6 Å². The van der Waals surface area contributed by atoms with Gasteiger partial charge in [0, 0.05) is 0 Å². The van der Waals surface area contributed by atoms with Crippen molar-refractivity contribution >= 4 is 0 Å². The molecule has 0 bridgehead atoms. The molecule has 1 heterocycles. The molecular weight excluding hydrogens is 169 g/mol. The molecule has 1 aliphatic heterocycles. The standard InChI is InChI=1S/C6H12FNO4/c7-3-4(8)6(11)12-2(1-9)5(3)10/h2-6,9-11H,1,8H2/t2-,3+,4+,5-,6-/m1/s1. The summed E-state index contributed by atoms with van der Waals surface area (Å²) in [5.41, 5.74) is 5.14. The summed E-state index contributed by atoms with van der Waals surface area (Å²) in [7, 11) is 0. The van der Waals surface area contributed by atoms with Crippen molar-refractivity contribution in [1.82, 2.24) is 0 Å². The lowest BCUT2D eigenvalue weighted by molar-refractivity contribution is -0.237. The molecule has 0 aromatic rings. The van der Waals surface area contributed by atoms with Crippen molar-refractivity contribution in [2.24, 2.45) is 5.73 Å². The van der Waals surface area contributed by atoms with Crippen LogP contribution in [0.3, 0.4) is 0 Å². The van der Waals surface area contributed by atoms with Crippen molar-refractivity contribution in [1.29, 1.82) is 0 Å². The molecule has 5 atom stereocenters. The highest BCUT2D eigenvalue weighted by molar-refractivity contribution is 4.90. The monoisotopic (exact) mass is 181 g/mol. The van der Waals surface area contributed by atoms with Crippen LogP contribution in [0.4, 0.5) is 4.39 Å². The van der Waals surface area contributed by atoms with Crippen molar-refractivity contribution in [3.8, 4) is 0 Å². The number of hydrogen-bond donors (Lipinski definition) is 4. The molecular formula is C6H12FNO4. The molecule has 0 unspecified atom stereocenters. The normalized spacial score (nSPS) is 49.2. The Morgan fingerprint density at radius 1 is 1.42 bits per heavy atom. The molecule has 1 saturated heterocycles. The van der Waals surface area contributed by atoms with Gasteiger partial charge in [-0.3, -0.25) is 0 Å². The Kier molecular flexibility index (Phi) is 2.97. The molecule has 0 saturated carbocycles. The van der Waals surface area contributed by atoms with Crippen LogP contribution in [0.2, 0.25) is 0 Å². The fourth-order valence-corrected chi connectivity index (χ4v) is 1.09. The minimum Gasteiger partial charge on any atom is -0.394 e. The van der Waals surface area contributed by atoms with Crippen LogP contribution in [0.5, 0.6) is 0 Å². The second kappa shape index (κ2) is 3.63. The third-order valence-electron chi connectivity index (χ3n) is 1.90. The van der Waals surface area contributed by atoms with Crippen molar-refractivity contribution in [2.75, 3.05) is 6.61 Å². The molecule has 0 aromatic heterocycles. The topological polar surface area (TPSA) is 95.9 Å². The van der Waals surface area contributed by atoms with Crippen LogP contribution >= 0.6 is 0 Å². The molecule has 1 rings (SSSR count). The average Bonchev–Trinajstić information content (AvgIpc) is 2.08. The Balaban J connectivity index is 2.63. The molecule has 6 heteroatoms. The second-order valence-electron chi connectivity index (χ2n) is 2.76. The van der Waals surface area contributed by atoms with E-state index in [4.69, 9.17) is 21.1 Å². The summed E-state index contributed by atoms with van der Waals surface area (Å²) in [5, 5.41) is 26.6. The maximum atomic E-state index is 12.9. The van der Waals surface area contributed by atoms with E-state index in [2.05, 4.69) is 4.74 Å². The molecule has 0 aromatic carbocycles. The lowest BCUT2D eigenvalue weighted by Gasteiger charge is -2.36. The second-order valence-corrected chi connectivity index (χ2v) is 2.76. The van der Waals surface area contributed by atoms with Gasteiger partial charge in [0.25, 0.3) is 0 Å². The molecule has 5 N–H and O–H groups in total. The molecule has 12 heavy (non-hydrogen) atoms. The SMILES string of the molecule is N[C@H]1[C@H](F)[C@H](O)[C@@H](CO)O[C@H]1O. The molecule has 0 spiro atoms. The predicted molar refractivity (Wildman–Crippen MR) is 36.8 cm³/mol. The zero-order valence-corrected chi connectivity index (χ0v) is 6.30. The molecule has 0 aliphatic carbocycles. The highest BCUT2D eigenvalue weighted by atomic mass is 19.1. The maximum Gasteiger partial charge on any atom is 0.173 e. The van der Waals surface area contributed by atoms with E-state index in [-0.39, 0.29) is 0 Å². The lowest BCUT2D eigenvalue weighted by atomic mass is 9.99. The van der Waals surface area contributed by atoms with Crippen LogP contribution < -0.4 is 5.73 Å². The fourth-order valence-electron chi connectivity index (χ4n) is 1.09. The summed E-state index contributed by atoms with van der Waals surface area (Å²) in [6.07, 6.45) is -5.82. The Hall–Kier alpha value is -0.270. The number of aliphatic hydroxyl groups is 3. The summed E-state index contributed by atoms with van der Waals surface area (Å²) in [6, 6.07) is -1.26. The summed E-state index contributed by atoms with van der Waals surface area (Å²) >= 11 is 0. The molecule has 1 fully saturated rings. The smallest absolute Gasteiger partial charge is 0.173 e. The number of alkyl halides is 1. The molecule has 1 aliphatic rings. The Bertz CT molecular complexity index is 154. The van der Waals surface area contributed by atoms with E-state index < -0.39 is 37.3 Å². The van der Waals surface area contributed by atoms with E-state index in [1.54, 1.807) is 0 Å². The van der Waals surface area contributed by atoms with Crippen LogP contribution in [0.15, 0.2) is 0 Å². The van der Waals surface area contributed by atoms with E-state index in [9.17, 15) is 4.39 Å². The third-order valence-corrected chi connectivity index (χ3v) is 1.90. The number of nitrogens with two attached hydrogens (primary N) is 1. The minimum atomic E-state index is -1.77. The van der Waals surface area contributed by atoms with Crippen LogP contribution in [0.1, 0.15) is 0 Å². The summed E-state index contributed by atoms with van der Waals surface area (Å²) in [5.74, 6) is 0. The number of halogens is 1. The van der Waals surface area contributed by atoms with Gasteiger partial charge in [-0.05, 0) is 0 Å². The third kappa shape index (κ3) is 1.57. The van der Waals surface area contributed by atoms with Crippen LogP contribution in [0, 0.1) is 0 Å². The van der Waals surface area contributed by atoms with Gasteiger partial charge in [-0.25, -0.2) is 4.39 Å². The first-order valence-corrected chi connectivity index (χ1v) is 3.60. The van der Waals surface area contributed by atoms with Crippen LogP contribution in [-0.4, -0.2) is 52.6 Å². The quantitative estimate of drug-likeness (QED) is 0.365. The first-order valence-electron chi connectivity index (χ1n) is 3.60. The van der Waals surface area contributed by atoms with Gasteiger partial charge >= 0.3 is 0 Å².